The fourth-order valence-electron chi connectivity index (χ4n) is 4.18. The van der Waals surface area contributed by atoms with Crippen LogP contribution in [-0.4, -0.2) is 22.6 Å². The number of aryl methyl sites for hydroxylation is 3. The zero-order valence-corrected chi connectivity index (χ0v) is 15.5. The Balaban J connectivity index is 1.83. The van der Waals surface area contributed by atoms with Gasteiger partial charge in [-0.3, -0.25) is 4.90 Å². The summed E-state index contributed by atoms with van der Waals surface area (Å²) in [7, 11) is 2.12. The summed E-state index contributed by atoms with van der Waals surface area (Å²) in [5.74, 6) is -0.395. The summed E-state index contributed by atoms with van der Waals surface area (Å²) < 4.78 is 30.4. The predicted molar refractivity (Wildman–Crippen MR) is 101 cm³/mol. The zero-order valence-electron chi connectivity index (χ0n) is 15.5. The maximum Gasteiger partial charge on any atom is 0.147 e. The van der Waals surface area contributed by atoms with Crippen LogP contribution in [0.1, 0.15) is 29.3 Å². The molecule has 0 aliphatic carbocycles. The summed E-state index contributed by atoms with van der Waals surface area (Å²) in [4.78, 5) is 2.32. The Bertz CT molecular complexity index is 974. The van der Waals surface area contributed by atoms with Crippen molar-refractivity contribution in [1.82, 2.24) is 9.47 Å². The lowest BCUT2D eigenvalue weighted by Crippen LogP contribution is -2.35. The van der Waals surface area contributed by atoms with Crippen LogP contribution < -0.4 is 0 Å². The van der Waals surface area contributed by atoms with Crippen molar-refractivity contribution in [2.75, 3.05) is 7.05 Å². The van der Waals surface area contributed by atoms with Crippen molar-refractivity contribution in [2.45, 2.75) is 45.8 Å². The molecule has 0 saturated carbocycles. The third-order valence-corrected chi connectivity index (χ3v) is 5.74. The van der Waals surface area contributed by atoms with Gasteiger partial charge in [-0.1, -0.05) is 18.2 Å². The minimum atomic E-state index is -0.223. The monoisotopic (exact) mass is 354 g/mol. The molecule has 1 aliphatic rings. The Morgan fingerprint density at radius 1 is 1.15 bits per heavy atom. The molecule has 2 nitrogen and oxygen atoms in total. The van der Waals surface area contributed by atoms with E-state index < -0.39 is 0 Å². The topological polar surface area (TPSA) is 8.17 Å². The minimum Gasteiger partial charge on any atom is -0.341 e. The quantitative estimate of drug-likeness (QED) is 0.653. The highest BCUT2D eigenvalue weighted by molar-refractivity contribution is 5.89. The zero-order chi connectivity index (χ0) is 18.4. The summed E-state index contributed by atoms with van der Waals surface area (Å²) in [6.07, 6.45) is 1.59. The highest BCUT2D eigenvalue weighted by Gasteiger charge is 2.28. The fourth-order valence-corrected chi connectivity index (χ4v) is 4.18. The molecular formula is C22H24F2N2. The minimum absolute atomic E-state index is 0.172. The molecule has 0 spiro atoms. The van der Waals surface area contributed by atoms with Gasteiger partial charge >= 0.3 is 0 Å². The summed E-state index contributed by atoms with van der Waals surface area (Å²) >= 11 is 0. The molecule has 136 valence electrons. The number of hydrogen-bond donors (Lipinski definition) is 0. The summed E-state index contributed by atoms with van der Waals surface area (Å²) in [5, 5.41) is 1.05. The van der Waals surface area contributed by atoms with Gasteiger partial charge in [0.15, 0.2) is 0 Å². The van der Waals surface area contributed by atoms with Gasteiger partial charge in [0.25, 0.3) is 0 Å². The van der Waals surface area contributed by atoms with Crippen molar-refractivity contribution >= 4 is 10.9 Å². The van der Waals surface area contributed by atoms with Gasteiger partial charge in [0.05, 0.1) is 5.52 Å². The first kappa shape index (κ1) is 17.2. The molecule has 0 N–H and O–H groups in total. The Labute approximate surface area is 153 Å². The van der Waals surface area contributed by atoms with E-state index in [4.69, 9.17) is 0 Å². The molecule has 1 unspecified atom stereocenters. The number of fused-ring (bicyclic) bond motifs is 3. The van der Waals surface area contributed by atoms with Crippen molar-refractivity contribution in [3.8, 4) is 0 Å². The Morgan fingerprint density at radius 3 is 2.73 bits per heavy atom. The number of benzene rings is 2. The van der Waals surface area contributed by atoms with Gasteiger partial charge in [0, 0.05) is 36.6 Å². The molecule has 3 aromatic rings. The molecule has 2 aromatic carbocycles. The van der Waals surface area contributed by atoms with Gasteiger partial charge in [-0.05, 0) is 62.2 Å². The second kappa shape index (κ2) is 6.51. The van der Waals surface area contributed by atoms with Crippen LogP contribution in [0.25, 0.3) is 10.9 Å². The normalized spacial score (nSPS) is 17.7. The molecular weight excluding hydrogens is 330 g/mol. The van der Waals surface area contributed by atoms with Crippen LogP contribution in [0.2, 0.25) is 0 Å². The standard InChI is InChI=1S/C22H24F2N2/c1-14-7-8-19(24)22-21(14)18-13-25(3)15(2)11-20(18)26(22)10-9-16-5-4-6-17(23)12-16/h4-8,12,15H,9-11,13H2,1-3H3. The molecule has 26 heavy (non-hydrogen) atoms. The van der Waals surface area contributed by atoms with E-state index in [-0.39, 0.29) is 11.6 Å². The van der Waals surface area contributed by atoms with E-state index in [1.165, 1.54) is 17.3 Å². The highest BCUT2D eigenvalue weighted by Crippen LogP contribution is 2.36. The van der Waals surface area contributed by atoms with Gasteiger partial charge in [-0.25, -0.2) is 8.78 Å². The Morgan fingerprint density at radius 2 is 1.96 bits per heavy atom. The van der Waals surface area contributed by atoms with Crippen molar-refractivity contribution in [3.63, 3.8) is 0 Å². The van der Waals surface area contributed by atoms with Gasteiger partial charge < -0.3 is 4.57 Å². The lowest BCUT2D eigenvalue weighted by atomic mass is 9.98. The first-order valence-electron chi connectivity index (χ1n) is 9.19. The van der Waals surface area contributed by atoms with Crippen LogP contribution >= 0.6 is 0 Å². The SMILES string of the molecule is Cc1ccc(F)c2c1c1c(n2CCc2cccc(F)c2)CC(C)N(C)C1. The summed E-state index contributed by atoms with van der Waals surface area (Å²) in [6, 6.07) is 10.5. The molecule has 1 aliphatic heterocycles. The second-order valence-electron chi connectivity index (χ2n) is 7.51. The van der Waals surface area contributed by atoms with Crippen molar-refractivity contribution in [1.29, 1.82) is 0 Å². The number of rotatable bonds is 3. The molecule has 1 atom stereocenters. The van der Waals surface area contributed by atoms with E-state index in [0.717, 1.165) is 29.5 Å². The summed E-state index contributed by atoms with van der Waals surface area (Å²) in [6.45, 7) is 5.76. The van der Waals surface area contributed by atoms with E-state index >= 15 is 0 Å². The van der Waals surface area contributed by atoms with E-state index in [1.54, 1.807) is 18.2 Å². The van der Waals surface area contributed by atoms with E-state index in [9.17, 15) is 8.78 Å². The number of aromatic nitrogens is 1. The van der Waals surface area contributed by atoms with Crippen molar-refractivity contribution in [3.05, 3.63) is 70.4 Å². The number of halogens is 2. The number of nitrogens with zero attached hydrogens (tertiary/aromatic N) is 2. The van der Waals surface area contributed by atoms with Gasteiger partial charge in [-0.2, -0.15) is 0 Å². The first-order valence-corrected chi connectivity index (χ1v) is 9.19. The van der Waals surface area contributed by atoms with Crippen LogP contribution in [0.4, 0.5) is 8.78 Å². The van der Waals surface area contributed by atoms with Crippen molar-refractivity contribution in [2.24, 2.45) is 0 Å². The maximum absolute atomic E-state index is 14.8. The van der Waals surface area contributed by atoms with Gasteiger partial charge in [-0.15, -0.1) is 0 Å². The van der Waals surface area contributed by atoms with Crippen LogP contribution in [0.15, 0.2) is 36.4 Å². The van der Waals surface area contributed by atoms with Gasteiger partial charge in [0.1, 0.15) is 11.6 Å². The van der Waals surface area contributed by atoms with E-state index in [2.05, 4.69) is 30.4 Å². The smallest absolute Gasteiger partial charge is 0.147 e. The largest absolute Gasteiger partial charge is 0.341 e. The third kappa shape index (κ3) is 2.82. The molecule has 0 radical (unpaired) electrons. The van der Waals surface area contributed by atoms with E-state index in [1.807, 2.05) is 12.1 Å². The Kier molecular flexibility index (Phi) is 4.31. The molecule has 0 saturated heterocycles. The van der Waals surface area contributed by atoms with Crippen LogP contribution in [-0.2, 0) is 25.9 Å². The van der Waals surface area contributed by atoms with Crippen LogP contribution in [0.5, 0.6) is 0 Å². The second-order valence-corrected chi connectivity index (χ2v) is 7.51. The molecule has 0 bridgehead atoms. The molecule has 4 rings (SSSR count). The molecule has 2 heterocycles. The number of hydrogen-bond acceptors (Lipinski definition) is 1. The van der Waals surface area contributed by atoms with Gasteiger partial charge in [0.2, 0.25) is 0 Å². The first-order chi connectivity index (χ1) is 12.5. The van der Waals surface area contributed by atoms with Crippen molar-refractivity contribution < 1.29 is 8.78 Å². The lowest BCUT2D eigenvalue weighted by molar-refractivity contribution is 0.228. The van der Waals surface area contributed by atoms with Crippen LogP contribution in [0, 0.1) is 18.6 Å². The fraction of sp³-hybridized carbons (Fsp3) is 0.364. The average molecular weight is 354 g/mol. The van der Waals surface area contributed by atoms with Crippen LogP contribution in [0.3, 0.4) is 0 Å². The highest BCUT2D eigenvalue weighted by atomic mass is 19.1. The summed E-state index contributed by atoms with van der Waals surface area (Å²) in [5.41, 5.74) is 5.24. The molecule has 4 heteroatoms. The van der Waals surface area contributed by atoms with E-state index in [0.29, 0.717) is 24.5 Å². The molecule has 0 fully saturated rings. The third-order valence-electron chi connectivity index (χ3n) is 5.74. The number of likely N-dealkylation sites (N-methyl/N-ethyl adjacent to an activating group) is 1. The lowest BCUT2D eigenvalue weighted by Gasteiger charge is -2.31. The average Bonchev–Trinajstić information content (AvgIpc) is 2.91. The molecule has 1 aromatic heterocycles. The molecule has 0 amide bonds. The maximum atomic E-state index is 14.8. The Hall–Kier alpha value is -2.20. The predicted octanol–water partition coefficient (Wildman–Crippen LogP) is 4.85.